The molecule has 1 saturated carbocycles. The highest BCUT2D eigenvalue weighted by Crippen LogP contribution is 2.29. The smallest absolute Gasteiger partial charge is 0.253 e. The van der Waals surface area contributed by atoms with Gasteiger partial charge in [-0.15, -0.1) is 0 Å². The van der Waals surface area contributed by atoms with Crippen molar-refractivity contribution in [2.75, 3.05) is 5.32 Å². The number of aromatic nitrogens is 3. The second-order valence-electron chi connectivity index (χ2n) is 7.45. The predicted octanol–water partition coefficient (Wildman–Crippen LogP) is 6.29. The summed E-state index contributed by atoms with van der Waals surface area (Å²) in [6.45, 7) is 1.77. The fourth-order valence-electron chi connectivity index (χ4n) is 3.12. The largest absolute Gasteiger partial charge is 0.349 e. The number of hydrogen-bond acceptors (Lipinski definition) is 4. The van der Waals surface area contributed by atoms with Crippen LogP contribution in [0.4, 0.5) is 10.1 Å². The monoisotopic (exact) mass is 567 g/mol. The minimum Gasteiger partial charge on any atom is -0.349 e. The van der Waals surface area contributed by atoms with Crippen LogP contribution < -0.4 is 10.6 Å². The van der Waals surface area contributed by atoms with Crippen molar-refractivity contribution in [2.45, 2.75) is 25.8 Å². The lowest BCUT2D eigenvalue weighted by Gasteiger charge is -2.15. The molecule has 0 aliphatic heterocycles. The lowest BCUT2D eigenvalue weighted by Crippen LogP contribution is -2.27. The van der Waals surface area contributed by atoms with E-state index in [1.165, 1.54) is 16.8 Å². The van der Waals surface area contributed by atoms with Gasteiger partial charge < -0.3 is 10.6 Å². The Balaban J connectivity index is 1.63. The number of rotatable bonds is 6. The Hall–Kier alpha value is -2.33. The molecule has 0 saturated heterocycles. The van der Waals surface area contributed by atoms with Crippen molar-refractivity contribution >= 4 is 74.0 Å². The number of aryl methyl sites for hydroxylation is 1. The van der Waals surface area contributed by atoms with Crippen molar-refractivity contribution in [1.29, 1.82) is 0 Å². The number of carbonyl (C=O) groups is 1. The Labute approximate surface area is 213 Å². The third-order valence-corrected chi connectivity index (χ3v) is 6.03. The summed E-state index contributed by atoms with van der Waals surface area (Å²) in [6, 6.07) is 8.32. The maximum Gasteiger partial charge on any atom is 0.253 e. The van der Waals surface area contributed by atoms with Gasteiger partial charge in [-0.1, -0.05) is 35.4 Å². The second kappa shape index (κ2) is 9.89. The van der Waals surface area contributed by atoms with E-state index in [4.69, 9.17) is 35.4 Å². The summed E-state index contributed by atoms with van der Waals surface area (Å²) in [4.78, 5) is 16.7. The normalized spacial score (nSPS) is 13.7. The molecule has 11 heteroatoms. The number of hydrogen-bond donors (Lipinski definition) is 2. The fraction of sp³-hybridized carbons (Fsp3) is 0.182. The van der Waals surface area contributed by atoms with Crippen LogP contribution in [0.3, 0.4) is 0 Å². The molecule has 1 aliphatic rings. The maximum absolute atomic E-state index is 15.2. The molecule has 1 fully saturated rings. The van der Waals surface area contributed by atoms with Crippen molar-refractivity contribution < 1.29 is 9.18 Å². The highest BCUT2D eigenvalue weighted by atomic mass is 79.9. The van der Waals surface area contributed by atoms with Crippen LogP contribution in [0.15, 0.2) is 47.0 Å². The lowest BCUT2D eigenvalue weighted by atomic mass is 10.1. The summed E-state index contributed by atoms with van der Waals surface area (Å²) in [5.41, 5.74) is 1.72. The molecule has 170 valence electrons. The van der Waals surface area contributed by atoms with Gasteiger partial charge in [0.15, 0.2) is 11.6 Å². The second-order valence-corrected chi connectivity index (χ2v) is 9.52. The minimum absolute atomic E-state index is 0.158. The Morgan fingerprint density at radius 2 is 2.09 bits per heavy atom. The molecule has 4 rings (SSSR count). The zero-order chi connectivity index (χ0) is 23.7. The molecular weight excluding hydrogens is 552 g/mol. The van der Waals surface area contributed by atoms with E-state index in [2.05, 4.69) is 36.6 Å². The van der Waals surface area contributed by atoms with Gasteiger partial charge in [0, 0.05) is 23.3 Å². The number of nitrogens with one attached hydrogen (secondary N) is 2. The van der Waals surface area contributed by atoms with Gasteiger partial charge in [0.05, 0.1) is 22.0 Å². The first-order chi connectivity index (χ1) is 15.7. The summed E-state index contributed by atoms with van der Waals surface area (Å²) in [6.07, 6.45) is 4.65. The Bertz CT molecular complexity index is 1290. The van der Waals surface area contributed by atoms with Gasteiger partial charge in [-0.2, -0.15) is 5.10 Å². The zero-order valence-electron chi connectivity index (χ0n) is 17.2. The van der Waals surface area contributed by atoms with Gasteiger partial charge in [-0.25, -0.2) is 14.1 Å². The molecule has 1 aromatic carbocycles. The number of benzene rings is 1. The summed E-state index contributed by atoms with van der Waals surface area (Å²) in [5, 5.41) is 10.8. The maximum atomic E-state index is 15.2. The SMILES string of the molecule is Cc1cc(Cl)cc(C(=O)NC2CC2)c1NC(=S)/C(F)=C/c1cc(Br)nn1-c1ncccc1Cl. The average Bonchev–Trinajstić information content (AvgIpc) is 3.50. The van der Waals surface area contributed by atoms with Crippen LogP contribution in [0.1, 0.15) is 34.5 Å². The third kappa shape index (κ3) is 5.60. The van der Waals surface area contributed by atoms with E-state index in [0.29, 0.717) is 43.0 Å². The van der Waals surface area contributed by atoms with E-state index in [0.717, 1.165) is 12.8 Å². The van der Waals surface area contributed by atoms with E-state index < -0.39 is 5.83 Å². The van der Waals surface area contributed by atoms with Gasteiger partial charge in [-0.3, -0.25) is 4.79 Å². The summed E-state index contributed by atoms with van der Waals surface area (Å²) in [5.74, 6) is -0.673. The molecule has 33 heavy (non-hydrogen) atoms. The molecule has 0 radical (unpaired) electrons. The zero-order valence-corrected chi connectivity index (χ0v) is 21.1. The van der Waals surface area contributed by atoms with Gasteiger partial charge in [0.25, 0.3) is 5.91 Å². The average molecular weight is 569 g/mol. The Morgan fingerprint density at radius 1 is 1.33 bits per heavy atom. The van der Waals surface area contributed by atoms with E-state index >= 15 is 4.39 Å². The van der Waals surface area contributed by atoms with E-state index in [1.807, 2.05) is 0 Å². The van der Waals surface area contributed by atoms with Crippen LogP contribution in [0, 0.1) is 6.92 Å². The summed E-state index contributed by atoms with van der Waals surface area (Å²) in [7, 11) is 0. The standard InChI is InChI=1S/C22H17BrCl2FN5OS/c1-11-7-12(24)8-15(21(32)28-13-4-5-13)19(11)29-22(33)17(26)9-14-10-18(23)30-31(14)20-16(25)3-2-6-27-20/h2-3,6-10,13H,4-5H2,1H3,(H,28,32)(H,29,33)/b17-9-. The molecule has 0 atom stereocenters. The molecule has 2 heterocycles. The van der Waals surface area contributed by atoms with Gasteiger partial charge in [-0.05, 0) is 71.6 Å². The third-order valence-electron chi connectivity index (χ3n) is 4.83. The molecule has 1 aliphatic carbocycles. The summed E-state index contributed by atoms with van der Waals surface area (Å²) < 4.78 is 17.0. The van der Waals surface area contributed by atoms with Crippen molar-refractivity contribution in [3.05, 3.63) is 73.8 Å². The highest BCUT2D eigenvalue weighted by Gasteiger charge is 2.26. The van der Waals surface area contributed by atoms with Gasteiger partial charge in [0.1, 0.15) is 9.59 Å². The first-order valence-electron chi connectivity index (χ1n) is 9.89. The number of halogens is 4. The lowest BCUT2D eigenvalue weighted by molar-refractivity contribution is 0.0952. The van der Waals surface area contributed by atoms with Crippen molar-refractivity contribution in [2.24, 2.45) is 0 Å². The molecule has 2 aromatic heterocycles. The minimum atomic E-state index is -0.728. The molecule has 2 N–H and O–H groups in total. The van der Waals surface area contributed by atoms with E-state index in [1.54, 1.807) is 37.4 Å². The van der Waals surface area contributed by atoms with E-state index in [-0.39, 0.29) is 16.9 Å². The quantitative estimate of drug-likeness (QED) is 0.270. The number of anilines is 1. The Morgan fingerprint density at radius 3 is 2.79 bits per heavy atom. The molecule has 6 nitrogen and oxygen atoms in total. The molecule has 0 spiro atoms. The molecular formula is C22H17BrCl2FN5OS. The number of amides is 1. The molecule has 0 unspecified atom stereocenters. The van der Waals surface area contributed by atoms with Crippen LogP contribution in [0.2, 0.25) is 10.0 Å². The number of nitrogens with zero attached hydrogens (tertiary/aromatic N) is 3. The molecule has 3 aromatic rings. The number of pyridine rings is 1. The van der Waals surface area contributed by atoms with Crippen LogP contribution in [0.25, 0.3) is 11.9 Å². The van der Waals surface area contributed by atoms with Crippen molar-refractivity contribution in [3.8, 4) is 5.82 Å². The molecule has 1 amide bonds. The summed E-state index contributed by atoms with van der Waals surface area (Å²) >= 11 is 21.0. The number of thiocarbonyl (C=S) groups is 1. The first-order valence-corrected chi connectivity index (χ1v) is 11.8. The molecule has 0 bridgehead atoms. The van der Waals surface area contributed by atoms with Gasteiger partial charge in [0.2, 0.25) is 0 Å². The Kier molecular flexibility index (Phi) is 7.13. The van der Waals surface area contributed by atoms with Crippen molar-refractivity contribution in [1.82, 2.24) is 20.1 Å². The van der Waals surface area contributed by atoms with Crippen LogP contribution in [0.5, 0.6) is 0 Å². The van der Waals surface area contributed by atoms with Crippen molar-refractivity contribution in [3.63, 3.8) is 0 Å². The van der Waals surface area contributed by atoms with Crippen LogP contribution in [-0.2, 0) is 0 Å². The van der Waals surface area contributed by atoms with Crippen LogP contribution in [-0.4, -0.2) is 31.7 Å². The topological polar surface area (TPSA) is 71.8 Å². The predicted molar refractivity (Wildman–Crippen MR) is 136 cm³/mol. The van der Waals surface area contributed by atoms with Gasteiger partial charge >= 0.3 is 0 Å². The highest BCUT2D eigenvalue weighted by molar-refractivity contribution is 9.10. The van der Waals surface area contributed by atoms with E-state index in [9.17, 15) is 4.79 Å². The van der Waals surface area contributed by atoms with Crippen LogP contribution >= 0.6 is 51.3 Å². The first kappa shape index (κ1) is 23.8. The number of carbonyl (C=O) groups excluding carboxylic acids is 1. The fourth-order valence-corrected chi connectivity index (χ4v) is 4.15.